The number of halogens is 2. The van der Waals surface area contributed by atoms with Crippen molar-refractivity contribution in [2.24, 2.45) is 0 Å². The SMILES string of the molecule is Clc1ccccc1-c1cccn2nc(Br)nc12. The Hall–Kier alpha value is -1.39. The fourth-order valence-corrected chi connectivity index (χ4v) is 2.35. The smallest absolute Gasteiger partial charge is 0.218 e. The molecule has 3 aromatic rings. The van der Waals surface area contributed by atoms with Crippen LogP contribution >= 0.6 is 27.5 Å². The van der Waals surface area contributed by atoms with Crippen LogP contribution in [0.3, 0.4) is 0 Å². The fourth-order valence-electron chi connectivity index (χ4n) is 1.77. The summed E-state index contributed by atoms with van der Waals surface area (Å²) in [7, 11) is 0. The van der Waals surface area contributed by atoms with Crippen LogP contribution < -0.4 is 0 Å². The Balaban J connectivity index is 2.34. The molecular weight excluding hydrogens is 302 g/mol. The van der Waals surface area contributed by atoms with Crippen molar-refractivity contribution in [2.45, 2.75) is 0 Å². The predicted octanol–water partition coefficient (Wildman–Crippen LogP) is 3.81. The molecule has 0 fully saturated rings. The van der Waals surface area contributed by atoms with Crippen molar-refractivity contribution in [3.63, 3.8) is 0 Å². The standard InChI is InChI=1S/C12H7BrClN3/c13-12-15-11-9(5-3-7-17(11)16-12)8-4-1-2-6-10(8)14/h1-7H. The largest absolute Gasteiger partial charge is 0.219 e. The molecule has 0 N–H and O–H groups in total. The van der Waals surface area contributed by atoms with Gasteiger partial charge in [0.05, 0.1) is 0 Å². The normalized spacial score (nSPS) is 10.9. The molecule has 0 aliphatic carbocycles. The van der Waals surface area contributed by atoms with E-state index in [-0.39, 0.29) is 0 Å². The Labute approximate surface area is 111 Å². The van der Waals surface area contributed by atoms with Gasteiger partial charge in [0, 0.05) is 22.3 Å². The first-order valence-electron chi connectivity index (χ1n) is 5.01. The number of fused-ring (bicyclic) bond motifs is 1. The van der Waals surface area contributed by atoms with E-state index in [1.807, 2.05) is 42.6 Å². The molecule has 3 rings (SSSR count). The van der Waals surface area contributed by atoms with Crippen molar-refractivity contribution in [3.8, 4) is 11.1 Å². The van der Waals surface area contributed by atoms with Crippen molar-refractivity contribution in [1.29, 1.82) is 0 Å². The summed E-state index contributed by atoms with van der Waals surface area (Å²) in [4.78, 5) is 4.34. The Morgan fingerprint density at radius 1 is 1.06 bits per heavy atom. The second-order valence-corrected chi connectivity index (χ2v) is 4.67. The average Bonchev–Trinajstić information content (AvgIpc) is 2.70. The second kappa shape index (κ2) is 4.13. The Bertz CT molecular complexity index is 693. The Morgan fingerprint density at radius 3 is 2.65 bits per heavy atom. The minimum Gasteiger partial charge on any atom is -0.219 e. The van der Waals surface area contributed by atoms with Gasteiger partial charge in [-0.15, -0.1) is 5.10 Å². The second-order valence-electron chi connectivity index (χ2n) is 3.55. The van der Waals surface area contributed by atoms with Crippen molar-refractivity contribution < 1.29 is 0 Å². The summed E-state index contributed by atoms with van der Waals surface area (Å²) >= 11 is 9.47. The molecule has 0 saturated carbocycles. The first-order valence-corrected chi connectivity index (χ1v) is 6.18. The maximum atomic E-state index is 6.20. The topological polar surface area (TPSA) is 30.2 Å². The third-order valence-corrected chi connectivity index (χ3v) is 3.17. The highest BCUT2D eigenvalue weighted by molar-refractivity contribution is 9.10. The fraction of sp³-hybridized carbons (Fsp3) is 0. The lowest BCUT2D eigenvalue weighted by Gasteiger charge is -2.04. The summed E-state index contributed by atoms with van der Waals surface area (Å²) in [5.74, 6) is 0. The molecule has 17 heavy (non-hydrogen) atoms. The molecule has 0 bridgehead atoms. The number of hydrogen-bond acceptors (Lipinski definition) is 2. The van der Waals surface area contributed by atoms with Crippen LogP contribution in [-0.4, -0.2) is 14.6 Å². The zero-order valence-corrected chi connectivity index (χ0v) is 11.0. The lowest BCUT2D eigenvalue weighted by molar-refractivity contribution is 0.946. The van der Waals surface area contributed by atoms with Gasteiger partial charge in [-0.05, 0) is 34.1 Å². The summed E-state index contributed by atoms with van der Waals surface area (Å²) < 4.78 is 2.29. The van der Waals surface area contributed by atoms with Gasteiger partial charge < -0.3 is 0 Å². The number of aromatic nitrogens is 3. The first kappa shape index (κ1) is 10.7. The molecule has 0 atom stereocenters. The molecule has 2 heterocycles. The van der Waals surface area contributed by atoms with Crippen molar-refractivity contribution in [1.82, 2.24) is 14.6 Å². The first-order chi connectivity index (χ1) is 8.25. The van der Waals surface area contributed by atoms with Gasteiger partial charge in [-0.2, -0.15) is 0 Å². The Morgan fingerprint density at radius 2 is 1.82 bits per heavy atom. The predicted molar refractivity (Wildman–Crippen MR) is 71.1 cm³/mol. The van der Waals surface area contributed by atoms with Gasteiger partial charge in [0.25, 0.3) is 0 Å². The molecule has 3 nitrogen and oxygen atoms in total. The average molecular weight is 309 g/mol. The number of rotatable bonds is 1. The third-order valence-electron chi connectivity index (χ3n) is 2.50. The van der Waals surface area contributed by atoms with E-state index in [0.717, 1.165) is 16.8 Å². The monoisotopic (exact) mass is 307 g/mol. The van der Waals surface area contributed by atoms with Crippen LogP contribution in [0, 0.1) is 0 Å². The van der Waals surface area contributed by atoms with Crippen LogP contribution in [0.15, 0.2) is 47.3 Å². The molecule has 0 saturated heterocycles. The molecule has 0 amide bonds. The van der Waals surface area contributed by atoms with E-state index in [9.17, 15) is 0 Å². The maximum absolute atomic E-state index is 6.20. The van der Waals surface area contributed by atoms with Gasteiger partial charge in [-0.1, -0.05) is 29.8 Å². The number of benzene rings is 1. The number of pyridine rings is 1. The third kappa shape index (κ3) is 1.83. The van der Waals surface area contributed by atoms with Crippen LogP contribution in [0.2, 0.25) is 5.02 Å². The van der Waals surface area contributed by atoms with E-state index in [2.05, 4.69) is 26.0 Å². The molecule has 0 aliphatic rings. The van der Waals surface area contributed by atoms with Gasteiger partial charge in [0.15, 0.2) is 5.65 Å². The zero-order valence-electron chi connectivity index (χ0n) is 8.64. The van der Waals surface area contributed by atoms with Crippen LogP contribution in [0.5, 0.6) is 0 Å². The summed E-state index contributed by atoms with van der Waals surface area (Å²) in [6.45, 7) is 0. The summed E-state index contributed by atoms with van der Waals surface area (Å²) in [6.07, 6.45) is 1.85. The van der Waals surface area contributed by atoms with Crippen molar-refractivity contribution in [3.05, 3.63) is 52.4 Å². The highest BCUT2D eigenvalue weighted by atomic mass is 79.9. The molecule has 2 aromatic heterocycles. The molecule has 0 unspecified atom stereocenters. The summed E-state index contributed by atoms with van der Waals surface area (Å²) in [5.41, 5.74) is 2.71. The molecule has 0 spiro atoms. The highest BCUT2D eigenvalue weighted by Gasteiger charge is 2.10. The van der Waals surface area contributed by atoms with E-state index < -0.39 is 0 Å². The van der Waals surface area contributed by atoms with Crippen molar-refractivity contribution in [2.75, 3.05) is 0 Å². The van der Waals surface area contributed by atoms with Gasteiger partial charge in [0.1, 0.15) is 0 Å². The lowest BCUT2D eigenvalue weighted by Crippen LogP contribution is -1.89. The summed E-state index contributed by atoms with van der Waals surface area (Å²) in [6, 6.07) is 11.6. The lowest BCUT2D eigenvalue weighted by atomic mass is 10.1. The summed E-state index contributed by atoms with van der Waals surface area (Å²) in [5, 5.41) is 4.92. The molecule has 1 aromatic carbocycles. The quantitative estimate of drug-likeness (QED) is 0.684. The zero-order chi connectivity index (χ0) is 11.8. The minimum atomic E-state index is 0.567. The van der Waals surface area contributed by atoms with Gasteiger partial charge in [-0.25, -0.2) is 9.50 Å². The minimum absolute atomic E-state index is 0.567. The van der Waals surface area contributed by atoms with Gasteiger partial charge in [0.2, 0.25) is 4.73 Å². The Kier molecular flexibility index (Phi) is 2.61. The van der Waals surface area contributed by atoms with Crippen LogP contribution in [-0.2, 0) is 0 Å². The number of nitrogens with zero attached hydrogens (tertiary/aromatic N) is 3. The van der Waals surface area contributed by atoms with E-state index in [1.54, 1.807) is 4.52 Å². The van der Waals surface area contributed by atoms with E-state index >= 15 is 0 Å². The maximum Gasteiger partial charge on any atom is 0.218 e. The van der Waals surface area contributed by atoms with Crippen LogP contribution in [0.25, 0.3) is 16.8 Å². The molecule has 84 valence electrons. The number of hydrogen-bond donors (Lipinski definition) is 0. The van der Waals surface area contributed by atoms with E-state index in [4.69, 9.17) is 11.6 Å². The van der Waals surface area contributed by atoms with Crippen LogP contribution in [0.4, 0.5) is 0 Å². The molecular formula is C12H7BrClN3. The van der Waals surface area contributed by atoms with E-state index in [0.29, 0.717) is 9.76 Å². The van der Waals surface area contributed by atoms with E-state index in [1.165, 1.54) is 0 Å². The van der Waals surface area contributed by atoms with Gasteiger partial charge in [-0.3, -0.25) is 0 Å². The molecule has 5 heteroatoms. The molecule has 0 aliphatic heterocycles. The van der Waals surface area contributed by atoms with Crippen molar-refractivity contribution >= 4 is 33.2 Å². The molecule has 0 radical (unpaired) electrons. The highest BCUT2D eigenvalue weighted by Crippen LogP contribution is 2.30. The van der Waals surface area contributed by atoms with Crippen LogP contribution in [0.1, 0.15) is 0 Å². The van der Waals surface area contributed by atoms with Gasteiger partial charge >= 0.3 is 0 Å².